The van der Waals surface area contributed by atoms with Crippen LogP contribution in [0.3, 0.4) is 0 Å². The molecule has 0 aromatic carbocycles. The molecular formula is C14H28N4O2. The average Bonchev–Trinajstić information content (AvgIpc) is 2.45. The first-order valence-electron chi connectivity index (χ1n) is 7.33. The number of nitrogens with two attached hydrogens (primary N) is 1. The summed E-state index contributed by atoms with van der Waals surface area (Å²) < 4.78 is 0. The summed E-state index contributed by atoms with van der Waals surface area (Å²) in [4.78, 5) is 29.4. The second-order valence-corrected chi connectivity index (χ2v) is 5.80. The van der Waals surface area contributed by atoms with Crippen LogP contribution in [0.25, 0.3) is 0 Å². The van der Waals surface area contributed by atoms with Crippen molar-refractivity contribution < 1.29 is 9.59 Å². The molecule has 0 unspecified atom stereocenters. The minimum Gasteiger partial charge on any atom is -0.348 e. The van der Waals surface area contributed by atoms with E-state index < -0.39 is 6.04 Å². The van der Waals surface area contributed by atoms with Crippen molar-refractivity contribution in [2.45, 2.75) is 26.3 Å². The lowest BCUT2D eigenvalue weighted by molar-refractivity contribution is -0.136. The number of carbonyl (C=O) groups excluding carboxylic acids is 2. The van der Waals surface area contributed by atoms with E-state index in [-0.39, 0.29) is 17.7 Å². The first-order chi connectivity index (χ1) is 9.36. The number of likely N-dealkylation sites (N-methyl/N-ethyl adjacent to an activating group) is 1. The van der Waals surface area contributed by atoms with Gasteiger partial charge in [-0.3, -0.25) is 14.5 Å². The normalized spacial score (nSPS) is 19.6. The summed E-state index contributed by atoms with van der Waals surface area (Å²) in [5.74, 6) is 0.342. The lowest BCUT2D eigenvalue weighted by Crippen LogP contribution is -2.55. The van der Waals surface area contributed by atoms with Crippen molar-refractivity contribution in [3.8, 4) is 0 Å². The van der Waals surface area contributed by atoms with E-state index in [4.69, 9.17) is 5.73 Å². The largest absolute Gasteiger partial charge is 0.348 e. The summed E-state index contributed by atoms with van der Waals surface area (Å²) in [6.45, 7) is 7.26. The van der Waals surface area contributed by atoms with E-state index in [1.54, 1.807) is 19.0 Å². The second-order valence-electron chi connectivity index (χ2n) is 5.80. The van der Waals surface area contributed by atoms with E-state index in [1.165, 1.54) is 0 Å². The minimum absolute atomic E-state index is 0.0398. The predicted octanol–water partition coefficient (Wildman–Crippen LogP) is -0.408. The van der Waals surface area contributed by atoms with Gasteiger partial charge in [-0.1, -0.05) is 20.3 Å². The molecule has 20 heavy (non-hydrogen) atoms. The fraction of sp³-hybridized carbons (Fsp3) is 0.857. The Morgan fingerprint density at radius 1 is 1.20 bits per heavy atom. The van der Waals surface area contributed by atoms with Gasteiger partial charge in [0.2, 0.25) is 11.8 Å². The molecule has 2 amide bonds. The van der Waals surface area contributed by atoms with Gasteiger partial charge < -0.3 is 15.5 Å². The van der Waals surface area contributed by atoms with Crippen LogP contribution in [0, 0.1) is 5.92 Å². The SMILES string of the molecule is CC[C@H](C)[C@H](N)C(=O)N1CCN(CC(=O)N(C)C)CC1. The highest BCUT2D eigenvalue weighted by Gasteiger charge is 2.28. The third kappa shape index (κ3) is 4.45. The standard InChI is InChI=1S/C14H28N4O2/c1-5-11(2)13(15)14(20)18-8-6-17(7-9-18)10-12(19)16(3)4/h11,13H,5-10,15H2,1-4H3/t11-,13-/m0/s1. The first-order valence-corrected chi connectivity index (χ1v) is 7.33. The molecule has 1 heterocycles. The maximum absolute atomic E-state index is 12.2. The molecule has 2 atom stereocenters. The highest BCUT2D eigenvalue weighted by Crippen LogP contribution is 2.10. The molecule has 116 valence electrons. The molecule has 1 fully saturated rings. The second kappa shape index (κ2) is 7.59. The Labute approximate surface area is 121 Å². The van der Waals surface area contributed by atoms with Crippen LogP contribution >= 0.6 is 0 Å². The average molecular weight is 284 g/mol. The van der Waals surface area contributed by atoms with E-state index in [0.29, 0.717) is 19.6 Å². The van der Waals surface area contributed by atoms with E-state index in [0.717, 1.165) is 19.5 Å². The van der Waals surface area contributed by atoms with E-state index in [2.05, 4.69) is 4.90 Å². The molecule has 0 aromatic rings. The molecule has 0 aromatic heterocycles. The van der Waals surface area contributed by atoms with E-state index in [9.17, 15) is 9.59 Å². The lowest BCUT2D eigenvalue weighted by Gasteiger charge is -2.36. The van der Waals surface area contributed by atoms with Crippen molar-refractivity contribution in [2.75, 3.05) is 46.8 Å². The van der Waals surface area contributed by atoms with Crippen LogP contribution in [0.15, 0.2) is 0 Å². The van der Waals surface area contributed by atoms with Gasteiger partial charge in [-0.05, 0) is 5.92 Å². The minimum atomic E-state index is -0.407. The Balaban J connectivity index is 2.42. The first kappa shape index (κ1) is 16.9. The Morgan fingerprint density at radius 2 is 1.75 bits per heavy atom. The van der Waals surface area contributed by atoms with Crippen LogP contribution in [-0.4, -0.2) is 79.4 Å². The Morgan fingerprint density at radius 3 is 2.20 bits per heavy atom. The van der Waals surface area contributed by atoms with Crippen LogP contribution in [0.4, 0.5) is 0 Å². The highest BCUT2D eigenvalue weighted by atomic mass is 16.2. The van der Waals surface area contributed by atoms with Crippen LogP contribution in [0.1, 0.15) is 20.3 Å². The number of carbonyl (C=O) groups is 2. The zero-order valence-corrected chi connectivity index (χ0v) is 13.1. The summed E-state index contributed by atoms with van der Waals surface area (Å²) >= 11 is 0. The fourth-order valence-corrected chi connectivity index (χ4v) is 2.17. The zero-order chi connectivity index (χ0) is 15.3. The third-order valence-corrected chi connectivity index (χ3v) is 4.08. The molecule has 0 aliphatic carbocycles. The van der Waals surface area contributed by atoms with Gasteiger partial charge in [0.15, 0.2) is 0 Å². The van der Waals surface area contributed by atoms with E-state index in [1.807, 2.05) is 18.7 Å². The third-order valence-electron chi connectivity index (χ3n) is 4.08. The van der Waals surface area contributed by atoms with E-state index >= 15 is 0 Å². The molecule has 6 nitrogen and oxygen atoms in total. The van der Waals surface area contributed by atoms with Crippen molar-refractivity contribution >= 4 is 11.8 Å². The van der Waals surface area contributed by atoms with Crippen molar-refractivity contribution in [3.05, 3.63) is 0 Å². The van der Waals surface area contributed by atoms with Gasteiger partial charge in [-0.15, -0.1) is 0 Å². The number of piperazine rings is 1. The maximum atomic E-state index is 12.2. The summed E-state index contributed by atoms with van der Waals surface area (Å²) in [6.07, 6.45) is 0.907. The number of rotatable bonds is 5. The Kier molecular flexibility index (Phi) is 6.42. The summed E-state index contributed by atoms with van der Waals surface area (Å²) in [5.41, 5.74) is 5.99. The van der Waals surface area contributed by atoms with Crippen LogP contribution < -0.4 is 5.73 Å². The zero-order valence-electron chi connectivity index (χ0n) is 13.1. The molecule has 0 radical (unpaired) electrons. The van der Waals surface area contributed by atoms with Gasteiger partial charge in [0.05, 0.1) is 12.6 Å². The summed E-state index contributed by atoms with van der Waals surface area (Å²) in [5, 5.41) is 0. The van der Waals surface area contributed by atoms with Crippen molar-refractivity contribution in [1.82, 2.24) is 14.7 Å². The van der Waals surface area contributed by atoms with Crippen LogP contribution in [0.2, 0.25) is 0 Å². The topological polar surface area (TPSA) is 69.9 Å². The molecule has 6 heteroatoms. The lowest BCUT2D eigenvalue weighted by atomic mass is 9.98. The molecule has 1 saturated heterocycles. The quantitative estimate of drug-likeness (QED) is 0.745. The van der Waals surface area contributed by atoms with Gasteiger partial charge in [-0.25, -0.2) is 0 Å². The predicted molar refractivity (Wildman–Crippen MR) is 79.1 cm³/mol. The Hall–Kier alpha value is -1.14. The highest BCUT2D eigenvalue weighted by molar-refractivity contribution is 5.82. The number of nitrogens with zero attached hydrogens (tertiary/aromatic N) is 3. The molecule has 1 rings (SSSR count). The van der Waals surface area contributed by atoms with Crippen LogP contribution in [-0.2, 0) is 9.59 Å². The van der Waals surface area contributed by atoms with Gasteiger partial charge in [-0.2, -0.15) is 0 Å². The molecule has 2 N–H and O–H groups in total. The van der Waals surface area contributed by atoms with Gasteiger partial charge in [0.25, 0.3) is 0 Å². The smallest absolute Gasteiger partial charge is 0.239 e. The van der Waals surface area contributed by atoms with Crippen molar-refractivity contribution in [1.29, 1.82) is 0 Å². The van der Waals surface area contributed by atoms with Crippen molar-refractivity contribution in [2.24, 2.45) is 11.7 Å². The molecule has 1 aliphatic rings. The fourth-order valence-electron chi connectivity index (χ4n) is 2.17. The number of amides is 2. The summed E-state index contributed by atoms with van der Waals surface area (Å²) in [7, 11) is 3.51. The molecular weight excluding hydrogens is 256 g/mol. The van der Waals surface area contributed by atoms with Gasteiger partial charge in [0.1, 0.15) is 0 Å². The molecule has 0 spiro atoms. The van der Waals surface area contributed by atoms with Crippen molar-refractivity contribution in [3.63, 3.8) is 0 Å². The number of hydrogen-bond acceptors (Lipinski definition) is 4. The van der Waals surface area contributed by atoms with Gasteiger partial charge in [0, 0.05) is 40.3 Å². The van der Waals surface area contributed by atoms with Crippen LogP contribution in [0.5, 0.6) is 0 Å². The summed E-state index contributed by atoms with van der Waals surface area (Å²) in [6, 6.07) is -0.407. The molecule has 0 bridgehead atoms. The maximum Gasteiger partial charge on any atom is 0.239 e. The molecule has 0 saturated carbocycles. The Bertz CT molecular complexity index is 338. The number of hydrogen-bond donors (Lipinski definition) is 1. The monoisotopic (exact) mass is 284 g/mol. The molecule has 1 aliphatic heterocycles. The van der Waals surface area contributed by atoms with Gasteiger partial charge >= 0.3 is 0 Å².